The van der Waals surface area contributed by atoms with E-state index in [1.54, 1.807) is 6.08 Å². The molecule has 1 saturated heterocycles. The second-order valence-electron chi connectivity index (χ2n) is 16.9. The molecule has 0 bridgehead atoms. The third-order valence-electron chi connectivity index (χ3n) is 11.5. The van der Waals surface area contributed by atoms with Gasteiger partial charge in [0.2, 0.25) is 5.91 Å². The Bertz CT molecular complexity index is 945. The standard InChI is InChI=1S/C48H91NO8/c1-3-5-7-9-11-13-15-17-19-20-21-22-24-26-28-30-32-34-36-38-44(52)49-41(40-56-48-47(55)46(54)45(53)43(39-50)57-48)42(51)37-35-33-31-29-27-25-23-18-16-14-12-10-8-6-4-2/h27,29,35,37,41-43,45-48,50-51,53-55H,3-26,28,30-34,36,38-40H2,1-2H3,(H,49,52)/b29-27+,37-35+. The number of ether oxygens (including phenoxy) is 2. The molecule has 1 rings (SSSR count). The molecule has 336 valence electrons. The van der Waals surface area contributed by atoms with E-state index >= 15 is 0 Å². The molecule has 0 aromatic carbocycles. The Morgan fingerprint density at radius 1 is 0.579 bits per heavy atom. The van der Waals surface area contributed by atoms with Crippen molar-refractivity contribution in [3.8, 4) is 0 Å². The first-order chi connectivity index (χ1) is 27.8. The molecule has 7 atom stereocenters. The monoisotopic (exact) mass is 810 g/mol. The molecular formula is C48H91NO8. The van der Waals surface area contributed by atoms with Crippen molar-refractivity contribution in [3.05, 3.63) is 24.3 Å². The Morgan fingerprint density at radius 2 is 1.00 bits per heavy atom. The maximum atomic E-state index is 13.0. The number of carbonyl (C=O) groups is 1. The van der Waals surface area contributed by atoms with Crippen LogP contribution in [0.15, 0.2) is 24.3 Å². The highest BCUT2D eigenvalue weighted by Gasteiger charge is 2.44. The van der Waals surface area contributed by atoms with Gasteiger partial charge in [0.1, 0.15) is 24.4 Å². The summed E-state index contributed by atoms with van der Waals surface area (Å²) in [5, 5.41) is 54.2. The van der Waals surface area contributed by atoms with Crippen molar-refractivity contribution in [1.29, 1.82) is 0 Å². The molecule has 0 radical (unpaired) electrons. The molecule has 1 amide bonds. The van der Waals surface area contributed by atoms with E-state index in [0.717, 1.165) is 38.5 Å². The van der Waals surface area contributed by atoms with Crippen LogP contribution in [0.5, 0.6) is 0 Å². The molecule has 7 unspecified atom stereocenters. The number of allylic oxidation sites excluding steroid dienone is 3. The SMILES string of the molecule is CCCCCCCCCCC/C=C/CC/C=C/C(O)C(COC1OC(CO)C(O)C(O)C1O)NC(=O)CCCCCCCCCCCCCCCCCCCCC. The van der Waals surface area contributed by atoms with Crippen LogP contribution in [0.25, 0.3) is 0 Å². The van der Waals surface area contributed by atoms with Crippen LogP contribution < -0.4 is 5.32 Å². The van der Waals surface area contributed by atoms with Crippen LogP contribution in [-0.2, 0) is 14.3 Å². The van der Waals surface area contributed by atoms with Gasteiger partial charge in [0, 0.05) is 6.42 Å². The van der Waals surface area contributed by atoms with E-state index in [1.807, 2.05) is 6.08 Å². The highest BCUT2D eigenvalue weighted by Crippen LogP contribution is 2.23. The van der Waals surface area contributed by atoms with Gasteiger partial charge >= 0.3 is 0 Å². The molecule has 57 heavy (non-hydrogen) atoms. The van der Waals surface area contributed by atoms with Crippen molar-refractivity contribution in [2.75, 3.05) is 13.2 Å². The number of nitrogens with one attached hydrogen (secondary N) is 1. The van der Waals surface area contributed by atoms with E-state index in [-0.39, 0.29) is 12.5 Å². The van der Waals surface area contributed by atoms with Gasteiger partial charge < -0.3 is 40.3 Å². The van der Waals surface area contributed by atoms with E-state index in [9.17, 15) is 30.3 Å². The first kappa shape index (κ1) is 53.7. The first-order valence-electron chi connectivity index (χ1n) is 24.1. The minimum absolute atomic E-state index is 0.184. The Labute approximate surface area is 349 Å². The summed E-state index contributed by atoms with van der Waals surface area (Å²) in [4.78, 5) is 13.0. The summed E-state index contributed by atoms with van der Waals surface area (Å²) in [6.45, 7) is 3.77. The second kappa shape index (κ2) is 38.8. The Hall–Kier alpha value is -1.33. The molecule has 1 fully saturated rings. The summed E-state index contributed by atoms with van der Waals surface area (Å²) in [5.41, 5.74) is 0. The van der Waals surface area contributed by atoms with E-state index in [0.29, 0.717) is 6.42 Å². The summed E-state index contributed by atoms with van der Waals surface area (Å²) < 4.78 is 11.2. The first-order valence-corrected chi connectivity index (χ1v) is 24.1. The Kier molecular flexibility index (Phi) is 36.6. The minimum Gasteiger partial charge on any atom is -0.394 e. The minimum atomic E-state index is -1.57. The molecule has 0 aliphatic carbocycles. The quantitative estimate of drug-likeness (QED) is 0.0265. The maximum absolute atomic E-state index is 13.0. The fraction of sp³-hybridized carbons (Fsp3) is 0.896. The Morgan fingerprint density at radius 3 is 1.47 bits per heavy atom. The third kappa shape index (κ3) is 29.5. The third-order valence-corrected chi connectivity index (χ3v) is 11.5. The van der Waals surface area contributed by atoms with Gasteiger partial charge in [-0.25, -0.2) is 0 Å². The topological polar surface area (TPSA) is 149 Å². The highest BCUT2D eigenvalue weighted by atomic mass is 16.7. The fourth-order valence-electron chi connectivity index (χ4n) is 7.64. The molecule has 0 spiro atoms. The molecule has 1 aliphatic rings. The summed E-state index contributed by atoms with van der Waals surface area (Å²) in [6, 6.07) is -0.816. The number of hydrogen-bond acceptors (Lipinski definition) is 8. The lowest BCUT2D eigenvalue weighted by Crippen LogP contribution is -2.60. The van der Waals surface area contributed by atoms with Crippen molar-refractivity contribution >= 4 is 5.91 Å². The molecule has 0 aromatic rings. The fourth-order valence-corrected chi connectivity index (χ4v) is 7.64. The summed E-state index contributed by atoms with van der Waals surface area (Å²) >= 11 is 0. The number of aliphatic hydroxyl groups excluding tert-OH is 5. The van der Waals surface area contributed by atoms with Crippen molar-refractivity contribution < 1.29 is 39.8 Å². The number of rotatable bonds is 40. The van der Waals surface area contributed by atoms with Crippen LogP contribution in [0.1, 0.15) is 219 Å². The van der Waals surface area contributed by atoms with Crippen molar-refractivity contribution in [2.45, 2.75) is 262 Å². The van der Waals surface area contributed by atoms with E-state index in [1.165, 1.54) is 161 Å². The van der Waals surface area contributed by atoms with Gasteiger partial charge in [0.25, 0.3) is 0 Å². The van der Waals surface area contributed by atoms with Gasteiger partial charge in [0.05, 0.1) is 25.4 Å². The molecular weight excluding hydrogens is 719 g/mol. The summed E-state index contributed by atoms with van der Waals surface area (Å²) in [6.07, 6.45) is 39.4. The normalized spacial score (nSPS) is 21.1. The average Bonchev–Trinajstić information content (AvgIpc) is 3.21. The molecule has 0 saturated carbocycles. The van der Waals surface area contributed by atoms with Crippen LogP contribution in [0.3, 0.4) is 0 Å². The van der Waals surface area contributed by atoms with Crippen molar-refractivity contribution in [2.24, 2.45) is 0 Å². The van der Waals surface area contributed by atoms with Crippen LogP contribution in [0.2, 0.25) is 0 Å². The smallest absolute Gasteiger partial charge is 0.220 e. The zero-order chi connectivity index (χ0) is 41.6. The summed E-state index contributed by atoms with van der Waals surface area (Å²) in [5.74, 6) is -0.184. The molecule has 1 heterocycles. The largest absolute Gasteiger partial charge is 0.394 e. The lowest BCUT2D eigenvalue weighted by atomic mass is 9.99. The van der Waals surface area contributed by atoms with E-state index in [4.69, 9.17) is 9.47 Å². The summed E-state index contributed by atoms with van der Waals surface area (Å²) in [7, 11) is 0. The number of amides is 1. The molecule has 6 N–H and O–H groups in total. The maximum Gasteiger partial charge on any atom is 0.220 e. The predicted molar refractivity (Wildman–Crippen MR) is 235 cm³/mol. The van der Waals surface area contributed by atoms with Gasteiger partial charge in [-0.2, -0.15) is 0 Å². The lowest BCUT2D eigenvalue weighted by molar-refractivity contribution is -0.302. The number of aliphatic hydroxyl groups is 5. The average molecular weight is 810 g/mol. The Balaban J connectivity index is 2.33. The number of unbranched alkanes of at least 4 members (excludes halogenated alkanes) is 28. The van der Waals surface area contributed by atoms with Gasteiger partial charge in [0.15, 0.2) is 6.29 Å². The van der Waals surface area contributed by atoms with Gasteiger partial charge in [-0.1, -0.05) is 205 Å². The number of carbonyl (C=O) groups excluding carboxylic acids is 1. The molecule has 9 heteroatoms. The van der Waals surface area contributed by atoms with E-state index < -0.39 is 49.5 Å². The van der Waals surface area contributed by atoms with Crippen LogP contribution in [0, 0.1) is 0 Å². The van der Waals surface area contributed by atoms with Gasteiger partial charge in [-0.05, 0) is 32.1 Å². The van der Waals surface area contributed by atoms with Crippen molar-refractivity contribution in [1.82, 2.24) is 5.32 Å². The highest BCUT2D eigenvalue weighted by molar-refractivity contribution is 5.76. The molecule has 1 aliphatic heterocycles. The molecule has 0 aromatic heterocycles. The number of hydrogen-bond donors (Lipinski definition) is 6. The van der Waals surface area contributed by atoms with Gasteiger partial charge in [-0.3, -0.25) is 4.79 Å². The molecule has 9 nitrogen and oxygen atoms in total. The lowest BCUT2D eigenvalue weighted by Gasteiger charge is -2.40. The van der Waals surface area contributed by atoms with Crippen LogP contribution in [-0.4, -0.2) is 87.5 Å². The van der Waals surface area contributed by atoms with Crippen LogP contribution in [0.4, 0.5) is 0 Å². The zero-order valence-corrected chi connectivity index (χ0v) is 36.9. The van der Waals surface area contributed by atoms with Crippen LogP contribution >= 0.6 is 0 Å². The van der Waals surface area contributed by atoms with Gasteiger partial charge in [-0.15, -0.1) is 0 Å². The van der Waals surface area contributed by atoms with Crippen molar-refractivity contribution in [3.63, 3.8) is 0 Å². The predicted octanol–water partition coefficient (Wildman–Crippen LogP) is 10.3. The van der Waals surface area contributed by atoms with E-state index in [2.05, 4.69) is 31.3 Å². The zero-order valence-electron chi connectivity index (χ0n) is 36.9. The second-order valence-corrected chi connectivity index (χ2v) is 16.9.